The van der Waals surface area contributed by atoms with Crippen molar-refractivity contribution in [3.05, 3.63) is 52.0 Å². The molecule has 0 aromatic heterocycles. The van der Waals surface area contributed by atoms with Crippen molar-refractivity contribution in [2.45, 2.75) is 0 Å². The van der Waals surface area contributed by atoms with Crippen LogP contribution in [-0.2, 0) is 0 Å². The molecule has 0 aliphatic carbocycles. The lowest BCUT2D eigenvalue weighted by molar-refractivity contribution is 0.112. The Morgan fingerprint density at radius 1 is 1.00 bits per heavy atom. The Morgan fingerprint density at radius 3 is 2.24 bits per heavy atom. The van der Waals surface area contributed by atoms with E-state index in [0.29, 0.717) is 21.9 Å². The normalized spacial score (nSPS) is 10.2. The molecule has 2 nitrogen and oxygen atoms in total. The van der Waals surface area contributed by atoms with Crippen molar-refractivity contribution in [1.82, 2.24) is 0 Å². The number of carbonyl (C=O) groups excluding carboxylic acids is 1. The zero-order chi connectivity index (χ0) is 12.4. The summed E-state index contributed by atoms with van der Waals surface area (Å²) in [5.41, 5.74) is 1.80. The van der Waals surface area contributed by atoms with Gasteiger partial charge in [0.2, 0.25) is 0 Å². The van der Waals surface area contributed by atoms with E-state index in [4.69, 9.17) is 23.2 Å². The fraction of sp³-hybridized carbons (Fsp3) is 0. The minimum absolute atomic E-state index is 0.175. The summed E-state index contributed by atoms with van der Waals surface area (Å²) in [5.74, 6) is 0.175. The summed E-state index contributed by atoms with van der Waals surface area (Å²) < 4.78 is 0. The maximum atomic E-state index is 10.9. The molecule has 2 aromatic rings. The van der Waals surface area contributed by atoms with Gasteiger partial charge < -0.3 is 5.11 Å². The number of phenols is 1. The second kappa shape index (κ2) is 4.78. The van der Waals surface area contributed by atoms with E-state index in [-0.39, 0.29) is 11.3 Å². The minimum Gasteiger partial charge on any atom is -0.508 e. The Bertz CT molecular complexity index is 562. The van der Waals surface area contributed by atoms with E-state index in [1.165, 1.54) is 0 Å². The van der Waals surface area contributed by atoms with E-state index in [2.05, 4.69) is 0 Å². The molecule has 0 amide bonds. The number of carbonyl (C=O) groups is 1. The molecule has 0 aliphatic heterocycles. The number of halogens is 2. The summed E-state index contributed by atoms with van der Waals surface area (Å²) in [5, 5.41) is 9.85. The van der Waals surface area contributed by atoms with Gasteiger partial charge in [0.05, 0.1) is 15.6 Å². The lowest BCUT2D eigenvalue weighted by atomic mass is 10.0. The molecule has 0 unspecified atom stereocenters. The SMILES string of the molecule is O=Cc1c(Cl)ccc(-c2ccc(O)cc2)c1Cl. The van der Waals surface area contributed by atoms with Gasteiger partial charge in [-0.15, -0.1) is 0 Å². The maximum Gasteiger partial charge on any atom is 0.153 e. The first-order valence-corrected chi connectivity index (χ1v) is 5.61. The van der Waals surface area contributed by atoms with Crippen molar-refractivity contribution >= 4 is 29.5 Å². The fourth-order valence-electron chi connectivity index (χ4n) is 1.54. The second-order valence-corrected chi connectivity index (χ2v) is 4.27. The average molecular weight is 267 g/mol. The molecule has 0 bridgehead atoms. The number of aldehydes is 1. The Balaban J connectivity index is 2.60. The Kier molecular flexibility index (Phi) is 3.36. The third-order valence-electron chi connectivity index (χ3n) is 2.42. The number of aromatic hydroxyl groups is 1. The van der Waals surface area contributed by atoms with Gasteiger partial charge in [-0.3, -0.25) is 4.79 Å². The van der Waals surface area contributed by atoms with Crippen molar-refractivity contribution in [3.63, 3.8) is 0 Å². The maximum absolute atomic E-state index is 10.9. The van der Waals surface area contributed by atoms with Gasteiger partial charge in [0, 0.05) is 5.56 Å². The number of rotatable bonds is 2. The zero-order valence-corrected chi connectivity index (χ0v) is 10.2. The predicted molar refractivity (Wildman–Crippen MR) is 69.0 cm³/mol. The Hall–Kier alpha value is -1.51. The third-order valence-corrected chi connectivity index (χ3v) is 3.16. The summed E-state index contributed by atoms with van der Waals surface area (Å²) in [4.78, 5) is 10.9. The molecule has 86 valence electrons. The van der Waals surface area contributed by atoms with E-state index in [1.54, 1.807) is 36.4 Å². The van der Waals surface area contributed by atoms with E-state index in [9.17, 15) is 9.90 Å². The summed E-state index contributed by atoms with van der Waals surface area (Å²) >= 11 is 12.0. The van der Waals surface area contributed by atoms with Crippen molar-refractivity contribution in [3.8, 4) is 16.9 Å². The largest absolute Gasteiger partial charge is 0.508 e. The molecular formula is C13H8Cl2O2. The Labute approximate surface area is 108 Å². The van der Waals surface area contributed by atoms with Gasteiger partial charge >= 0.3 is 0 Å². The van der Waals surface area contributed by atoms with Crippen LogP contribution in [0, 0.1) is 0 Å². The quantitative estimate of drug-likeness (QED) is 0.829. The van der Waals surface area contributed by atoms with Crippen LogP contribution in [0.2, 0.25) is 10.0 Å². The first-order chi connectivity index (χ1) is 8.13. The van der Waals surface area contributed by atoms with Crippen molar-refractivity contribution in [2.24, 2.45) is 0 Å². The lowest BCUT2D eigenvalue weighted by Gasteiger charge is -2.08. The molecule has 0 radical (unpaired) electrons. The number of benzene rings is 2. The van der Waals surface area contributed by atoms with Crippen LogP contribution >= 0.6 is 23.2 Å². The van der Waals surface area contributed by atoms with Crippen LogP contribution in [0.3, 0.4) is 0 Å². The van der Waals surface area contributed by atoms with E-state index < -0.39 is 0 Å². The van der Waals surface area contributed by atoms with Crippen LogP contribution in [0.5, 0.6) is 5.75 Å². The molecular weight excluding hydrogens is 259 g/mol. The van der Waals surface area contributed by atoms with Crippen molar-refractivity contribution in [2.75, 3.05) is 0 Å². The second-order valence-electron chi connectivity index (χ2n) is 3.49. The fourth-order valence-corrected chi connectivity index (χ4v) is 2.11. The van der Waals surface area contributed by atoms with Crippen LogP contribution in [-0.4, -0.2) is 11.4 Å². The molecule has 0 atom stereocenters. The lowest BCUT2D eigenvalue weighted by Crippen LogP contribution is -1.88. The van der Waals surface area contributed by atoms with Gasteiger partial charge in [0.1, 0.15) is 5.75 Å². The molecule has 0 aliphatic rings. The minimum atomic E-state index is 0.175. The highest BCUT2D eigenvalue weighted by Gasteiger charge is 2.11. The molecule has 17 heavy (non-hydrogen) atoms. The standard InChI is InChI=1S/C13H8Cl2O2/c14-12-6-5-10(13(15)11(12)7-16)8-1-3-9(17)4-2-8/h1-7,17H. The summed E-state index contributed by atoms with van der Waals surface area (Å²) in [6.45, 7) is 0. The number of hydrogen-bond acceptors (Lipinski definition) is 2. The molecule has 0 saturated carbocycles. The van der Waals surface area contributed by atoms with Gasteiger partial charge in [0.15, 0.2) is 6.29 Å². The van der Waals surface area contributed by atoms with Crippen LogP contribution in [0.25, 0.3) is 11.1 Å². The zero-order valence-electron chi connectivity index (χ0n) is 8.65. The molecule has 0 fully saturated rings. The summed E-state index contributed by atoms with van der Waals surface area (Å²) in [6, 6.07) is 9.92. The average Bonchev–Trinajstić information content (AvgIpc) is 2.31. The van der Waals surface area contributed by atoms with Gasteiger partial charge in [-0.25, -0.2) is 0 Å². The van der Waals surface area contributed by atoms with Crippen LogP contribution in [0.1, 0.15) is 10.4 Å². The van der Waals surface area contributed by atoms with Crippen molar-refractivity contribution in [1.29, 1.82) is 0 Å². The molecule has 0 spiro atoms. The van der Waals surface area contributed by atoms with Crippen LogP contribution < -0.4 is 0 Å². The van der Waals surface area contributed by atoms with Crippen molar-refractivity contribution < 1.29 is 9.90 Å². The van der Waals surface area contributed by atoms with Crippen LogP contribution in [0.15, 0.2) is 36.4 Å². The highest BCUT2D eigenvalue weighted by atomic mass is 35.5. The molecule has 4 heteroatoms. The van der Waals surface area contributed by atoms with E-state index in [0.717, 1.165) is 5.56 Å². The molecule has 1 N–H and O–H groups in total. The summed E-state index contributed by atoms with van der Waals surface area (Å²) in [7, 11) is 0. The topological polar surface area (TPSA) is 37.3 Å². The Morgan fingerprint density at radius 2 is 1.65 bits per heavy atom. The smallest absolute Gasteiger partial charge is 0.153 e. The molecule has 2 aromatic carbocycles. The van der Waals surface area contributed by atoms with Gasteiger partial charge in [-0.1, -0.05) is 41.4 Å². The van der Waals surface area contributed by atoms with Gasteiger partial charge in [-0.2, -0.15) is 0 Å². The molecule has 2 rings (SSSR count). The van der Waals surface area contributed by atoms with E-state index >= 15 is 0 Å². The van der Waals surface area contributed by atoms with Gasteiger partial charge in [0.25, 0.3) is 0 Å². The highest BCUT2D eigenvalue weighted by Crippen LogP contribution is 2.34. The first kappa shape index (κ1) is 12.0. The highest BCUT2D eigenvalue weighted by molar-refractivity contribution is 6.40. The van der Waals surface area contributed by atoms with Gasteiger partial charge in [-0.05, 0) is 23.8 Å². The third kappa shape index (κ3) is 2.28. The molecule has 0 heterocycles. The number of phenolic OH excluding ortho intramolecular Hbond substituents is 1. The monoisotopic (exact) mass is 266 g/mol. The predicted octanol–water partition coefficient (Wildman–Crippen LogP) is 4.18. The summed E-state index contributed by atoms with van der Waals surface area (Å²) in [6.07, 6.45) is 0.634. The molecule has 0 saturated heterocycles. The van der Waals surface area contributed by atoms with Crippen LogP contribution in [0.4, 0.5) is 0 Å². The van der Waals surface area contributed by atoms with E-state index in [1.807, 2.05) is 0 Å². The number of hydrogen-bond donors (Lipinski definition) is 1. The first-order valence-electron chi connectivity index (χ1n) is 4.86.